The molecule has 0 saturated heterocycles. The fourth-order valence-corrected chi connectivity index (χ4v) is 0. The van der Waals surface area contributed by atoms with Gasteiger partial charge in [0.1, 0.15) is 0 Å². The maximum atomic E-state index is 6.83. The molecule has 3 nitrogen and oxygen atoms in total. The van der Waals surface area contributed by atoms with Gasteiger partial charge in [-0.1, -0.05) is 0 Å². The molecule has 0 heterocycles. The van der Waals surface area contributed by atoms with E-state index in [2.05, 4.69) is 16.3 Å². The Bertz CT molecular complexity index is 8.75. The van der Waals surface area contributed by atoms with Crippen LogP contribution in [-0.2, 0) is 4.44 Å². The summed E-state index contributed by atoms with van der Waals surface area (Å²) < 4.78 is 2.72. The molecule has 0 radical (unpaired) electrons. The van der Waals surface area contributed by atoms with Crippen LogP contribution < -0.4 is 0 Å². The molecule has 36 valence electrons. The molecule has 0 spiro atoms. The van der Waals surface area contributed by atoms with Gasteiger partial charge in [-0.05, 0) is 0 Å². The summed E-state index contributed by atoms with van der Waals surface area (Å²) >= 11 is 4.05. The van der Waals surface area contributed by atoms with Gasteiger partial charge in [0.15, 0.2) is 0 Å². The van der Waals surface area contributed by atoms with E-state index in [-0.39, 0.29) is 81.0 Å². The third kappa shape index (κ3) is 29.9. The summed E-state index contributed by atoms with van der Waals surface area (Å²) in [4.78, 5) is 0. The Labute approximate surface area is 100 Å². The molecule has 0 saturated carbocycles. The second-order valence-electron chi connectivity index (χ2n) is 0.0690. The first-order chi connectivity index (χ1) is 1.41. The Hall–Kier alpha value is 2.69. The molecule has 0 aliphatic heterocycles. The molecule has 0 amide bonds. The van der Waals surface area contributed by atoms with Gasteiger partial charge in [0.25, 0.3) is 0 Å². The molecule has 3 N–H and O–H groups in total. The van der Waals surface area contributed by atoms with Crippen LogP contribution in [-0.4, -0.2) is 86.2 Å². The monoisotopic (exact) mass is 170 g/mol. The minimum atomic E-state index is 0. The van der Waals surface area contributed by atoms with Gasteiger partial charge >= 0.3 is 75.5 Å². The molecule has 0 fully saturated rings. The summed E-state index contributed by atoms with van der Waals surface area (Å²) in [6, 6.07) is 0. The van der Waals surface area contributed by atoms with Crippen LogP contribution in [0, 0.1) is 0 Å². The van der Waals surface area contributed by atoms with E-state index in [9.17, 15) is 0 Å². The van der Waals surface area contributed by atoms with Crippen LogP contribution in [0.5, 0.6) is 0 Å². The van der Waals surface area contributed by atoms with Crippen LogP contribution in [0.15, 0.2) is 0 Å². The molecule has 0 bridgehead atoms. The molecule has 6 heavy (non-hydrogen) atoms. The average Bonchev–Trinajstić information content (AvgIpc) is 0.918. The van der Waals surface area contributed by atoms with Crippen molar-refractivity contribution in [3.63, 3.8) is 0 Å². The summed E-state index contributed by atoms with van der Waals surface area (Å²) in [5, 5.41) is 6.83. The molecule has 0 atom stereocenters. The van der Waals surface area contributed by atoms with Gasteiger partial charge in [-0.2, -0.15) is 0 Å². The summed E-state index contributed by atoms with van der Waals surface area (Å²) in [7, 11) is 0. The second-order valence-corrected chi connectivity index (χ2v) is 0.207. The van der Waals surface area contributed by atoms with E-state index >= 15 is 0 Å². The number of halogens is 1. The SMILES string of the molecule is O.OOCl.[CaH2].[CaH2]. The van der Waals surface area contributed by atoms with Crippen LogP contribution >= 0.6 is 11.9 Å². The first-order valence-electron chi connectivity index (χ1n) is 0.337. The fraction of sp³-hybridized carbons (Fsp3) is 0. The second kappa shape index (κ2) is 25.3. The Morgan fingerprint density at radius 2 is 1.33 bits per heavy atom. The molecule has 6 heteroatoms. The van der Waals surface area contributed by atoms with Crippen LogP contribution in [0.25, 0.3) is 0 Å². The molecule has 0 aromatic heterocycles. The summed E-state index contributed by atoms with van der Waals surface area (Å²) in [5.74, 6) is 0. The van der Waals surface area contributed by atoms with Gasteiger partial charge in [0.05, 0.1) is 11.9 Å². The third-order valence-electron chi connectivity index (χ3n) is 0. The van der Waals surface area contributed by atoms with Crippen LogP contribution in [0.3, 0.4) is 0 Å². The van der Waals surface area contributed by atoms with E-state index in [0.29, 0.717) is 0 Å². The molecular weight excluding hydrogens is 164 g/mol. The van der Waals surface area contributed by atoms with E-state index in [4.69, 9.17) is 5.26 Å². The van der Waals surface area contributed by atoms with Crippen molar-refractivity contribution >= 4 is 87.3 Å². The summed E-state index contributed by atoms with van der Waals surface area (Å²) in [6.45, 7) is 0. The summed E-state index contributed by atoms with van der Waals surface area (Å²) in [6.07, 6.45) is 0. The standard InChI is InChI=1S/2Ca.ClHO2.H2O.4H/c;;1-3-2;;;;;/h;;2H;1H2;;;;. The molecule has 0 aromatic carbocycles. The quantitative estimate of drug-likeness (QED) is 0.259. The number of rotatable bonds is 0. The van der Waals surface area contributed by atoms with Crippen molar-refractivity contribution in [3.05, 3.63) is 0 Å². The molecule has 0 rings (SSSR count). The van der Waals surface area contributed by atoms with E-state index in [1.807, 2.05) is 0 Å². The van der Waals surface area contributed by atoms with Crippen molar-refractivity contribution in [1.82, 2.24) is 0 Å². The molecule has 0 aliphatic rings. The van der Waals surface area contributed by atoms with Gasteiger partial charge in [-0.3, -0.25) is 0 Å². The van der Waals surface area contributed by atoms with E-state index in [1.54, 1.807) is 0 Å². The van der Waals surface area contributed by atoms with E-state index in [0.717, 1.165) is 0 Å². The summed E-state index contributed by atoms with van der Waals surface area (Å²) in [5.41, 5.74) is 0. The zero-order valence-corrected chi connectivity index (χ0v) is 2.49. The first-order valence-corrected chi connectivity index (χ1v) is 0.645. The van der Waals surface area contributed by atoms with Crippen molar-refractivity contribution < 1.29 is 15.2 Å². The molecule has 0 unspecified atom stereocenters. The molecular formula is H7Ca2ClO3. The van der Waals surface area contributed by atoms with E-state index < -0.39 is 0 Å². The van der Waals surface area contributed by atoms with Crippen molar-refractivity contribution in [2.24, 2.45) is 0 Å². The average molecular weight is 171 g/mol. The Kier molecular flexibility index (Phi) is 98.4. The van der Waals surface area contributed by atoms with Crippen LogP contribution in [0.1, 0.15) is 0 Å². The molecule has 0 aromatic rings. The Morgan fingerprint density at radius 1 is 1.33 bits per heavy atom. The molecule has 0 aliphatic carbocycles. The zero-order valence-electron chi connectivity index (χ0n) is 1.73. The van der Waals surface area contributed by atoms with Crippen LogP contribution in [0.4, 0.5) is 0 Å². The third-order valence-corrected chi connectivity index (χ3v) is 0. The Balaban J connectivity index is -0.00000000667. The maximum absolute atomic E-state index is 6.83. The van der Waals surface area contributed by atoms with Crippen LogP contribution in [0.2, 0.25) is 0 Å². The van der Waals surface area contributed by atoms with Crippen molar-refractivity contribution in [3.8, 4) is 0 Å². The van der Waals surface area contributed by atoms with Gasteiger partial charge in [0.2, 0.25) is 0 Å². The van der Waals surface area contributed by atoms with Gasteiger partial charge < -0.3 is 5.48 Å². The van der Waals surface area contributed by atoms with Gasteiger partial charge in [-0.25, -0.2) is 5.26 Å². The Morgan fingerprint density at radius 3 is 1.33 bits per heavy atom. The van der Waals surface area contributed by atoms with Gasteiger partial charge in [-0.15, -0.1) is 4.44 Å². The van der Waals surface area contributed by atoms with Crippen molar-refractivity contribution in [2.45, 2.75) is 0 Å². The predicted octanol–water partition coefficient (Wildman–Crippen LogP) is -2.03. The fourth-order valence-electron chi connectivity index (χ4n) is 0. The zero-order chi connectivity index (χ0) is 2.71. The van der Waals surface area contributed by atoms with Crippen molar-refractivity contribution in [1.29, 1.82) is 0 Å². The van der Waals surface area contributed by atoms with Crippen molar-refractivity contribution in [2.75, 3.05) is 0 Å². The number of hydrogen-bond donors (Lipinski definition) is 1. The van der Waals surface area contributed by atoms with Gasteiger partial charge in [0, 0.05) is 0 Å². The minimum absolute atomic E-state index is 0. The number of hydrogen-bond acceptors (Lipinski definition) is 2. The first kappa shape index (κ1) is 23.4. The predicted molar refractivity (Wildman–Crippen MR) is 30.3 cm³/mol. The van der Waals surface area contributed by atoms with E-state index in [1.165, 1.54) is 0 Å². The topological polar surface area (TPSA) is 61.0 Å². The normalized spacial score (nSPS) is 3.00.